The first-order valence-electron chi connectivity index (χ1n) is 5.08. The van der Waals surface area contributed by atoms with E-state index in [-0.39, 0.29) is 11.8 Å². The van der Waals surface area contributed by atoms with Gasteiger partial charge in [-0.3, -0.25) is 10.1 Å². The van der Waals surface area contributed by atoms with Crippen LogP contribution in [0.2, 0.25) is 0 Å². The quantitative estimate of drug-likeness (QED) is 0.767. The van der Waals surface area contributed by atoms with E-state index in [1.54, 1.807) is 13.0 Å². The Labute approximate surface area is 89.2 Å². The van der Waals surface area contributed by atoms with Crippen molar-refractivity contribution in [2.75, 3.05) is 18.4 Å². The molecule has 0 aliphatic rings. The Balaban J connectivity index is 2.41. The SMILES string of the molecule is CCNCC(C)C(=O)Nc1cc(C)no1. The van der Waals surface area contributed by atoms with E-state index in [2.05, 4.69) is 15.8 Å². The molecule has 1 rings (SSSR count). The first kappa shape index (κ1) is 11.7. The summed E-state index contributed by atoms with van der Waals surface area (Å²) in [5.41, 5.74) is 0.754. The minimum Gasteiger partial charge on any atom is -0.338 e. The van der Waals surface area contributed by atoms with E-state index in [4.69, 9.17) is 4.52 Å². The lowest BCUT2D eigenvalue weighted by Crippen LogP contribution is -2.30. The van der Waals surface area contributed by atoms with Crippen LogP contribution in [0, 0.1) is 12.8 Å². The van der Waals surface area contributed by atoms with Crippen molar-refractivity contribution in [3.05, 3.63) is 11.8 Å². The number of carbonyl (C=O) groups excluding carboxylic acids is 1. The Morgan fingerprint density at radius 3 is 2.93 bits per heavy atom. The second-order valence-corrected chi connectivity index (χ2v) is 3.53. The van der Waals surface area contributed by atoms with Crippen LogP contribution in [-0.2, 0) is 4.79 Å². The molecule has 0 bridgehead atoms. The fourth-order valence-corrected chi connectivity index (χ4v) is 1.12. The van der Waals surface area contributed by atoms with Gasteiger partial charge in [0.15, 0.2) is 0 Å². The van der Waals surface area contributed by atoms with Crippen LogP contribution in [0.4, 0.5) is 5.88 Å². The average molecular weight is 211 g/mol. The van der Waals surface area contributed by atoms with Crippen LogP contribution in [0.5, 0.6) is 0 Å². The van der Waals surface area contributed by atoms with Crippen molar-refractivity contribution < 1.29 is 9.32 Å². The van der Waals surface area contributed by atoms with Crippen molar-refractivity contribution in [1.29, 1.82) is 0 Å². The van der Waals surface area contributed by atoms with E-state index in [9.17, 15) is 4.79 Å². The molecule has 1 atom stereocenters. The fraction of sp³-hybridized carbons (Fsp3) is 0.600. The largest absolute Gasteiger partial charge is 0.338 e. The second-order valence-electron chi connectivity index (χ2n) is 3.53. The molecule has 5 heteroatoms. The van der Waals surface area contributed by atoms with Gasteiger partial charge in [-0.1, -0.05) is 19.0 Å². The summed E-state index contributed by atoms with van der Waals surface area (Å²) in [6, 6.07) is 1.69. The Bertz CT molecular complexity index is 322. The molecule has 1 heterocycles. The highest BCUT2D eigenvalue weighted by Gasteiger charge is 2.13. The number of hydrogen-bond donors (Lipinski definition) is 2. The van der Waals surface area contributed by atoms with E-state index in [1.165, 1.54) is 0 Å². The van der Waals surface area contributed by atoms with Crippen molar-refractivity contribution in [3.8, 4) is 0 Å². The minimum absolute atomic E-state index is 0.0629. The minimum atomic E-state index is -0.0876. The molecule has 0 saturated carbocycles. The molecule has 0 aliphatic carbocycles. The second kappa shape index (κ2) is 5.50. The number of carbonyl (C=O) groups is 1. The number of amides is 1. The summed E-state index contributed by atoms with van der Waals surface area (Å²) >= 11 is 0. The van der Waals surface area contributed by atoms with Crippen LogP contribution in [0.25, 0.3) is 0 Å². The molecule has 0 aromatic carbocycles. The molecule has 15 heavy (non-hydrogen) atoms. The van der Waals surface area contributed by atoms with E-state index in [0.717, 1.165) is 12.2 Å². The monoisotopic (exact) mass is 211 g/mol. The highest BCUT2D eigenvalue weighted by atomic mass is 16.5. The molecule has 0 spiro atoms. The highest BCUT2D eigenvalue weighted by Crippen LogP contribution is 2.09. The topological polar surface area (TPSA) is 67.2 Å². The third kappa shape index (κ3) is 3.71. The molecule has 1 aromatic rings. The standard InChI is InChI=1S/C10H17N3O2/c1-4-11-6-7(2)10(14)12-9-5-8(3)13-15-9/h5,7,11H,4,6H2,1-3H3,(H,12,14). The van der Waals surface area contributed by atoms with Gasteiger partial charge in [0, 0.05) is 18.5 Å². The number of nitrogens with zero attached hydrogens (tertiary/aromatic N) is 1. The zero-order valence-corrected chi connectivity index (χ0v) is 9.33. The predicted molar refractivity (Wildman–Crippen MR) is 57.6 cm³/mol. The number of aromatic nitrogens is 1. The van der Waals surface area contributed by atoms with E-state index >= 15 is 0 Å². The summed E-state index contributed by atoms with van der Waals surface area (Å²) in [7, 11) is 0. The molecule has 1 aromatic heterocycles. The van der Waals surface area contributed by atoms with Gasteiger partial charge in [-0.25, -0.2) is 0 Å². The Morgan fingerprint density at radius 1 is 1.67 bits per heavy atom. The molecule has 0 aliphatic heterocycles. The molecule has 5 nitrogen and oxygen atoms in total. The molecule has 1 amide bonds. The van der Waals surface area contributed by atoms with Gasteiger partial charge in [-0.15, -0.1) is 0 Å². The third-order valence-electron chi connectivity index (χ3n) is 2.02. The zero-order valence-electron chi connectivity index (χ0n) is 9.33. The van der Waals surface area contributed by atoms with Crippen LogP contribution in [-0.4, -0.2) is 24.2 Å². The van der Waals surface area contributed by atoms with Gasteiger partial charge in [-0.2, -0.15) is 0 Å². The predicted octanol–water partition coefficient (Wildman–Crippen LogP) is 1.17. The summed E-state index contributed by atoms with van der Waals surface area (Å²) in [6.07, 6.45) is 0. The zero-order chi connectivity index (χ0) is 11.3. The molecule has 0 saturated heterocycles. The Kier molecular flexibility index (Phi) is 4.30. The fourth-order valence-electron chi connectivity index (χ4n) is 1.12. The first-order chi connectivity index (χ1) is 7.13. The van der Waals surface area contributed by atoms with Crippen molar-refractivity contribution >= 4 is 11.8 Å². The Hall–Kier alpha value is -1.36. The average Bonchev–Trinajstić information content (AvgIpc) is 2.60. The van der Waals surface area contributed by atoms with Crippen LogP contribution in [0.1, 0.15) is 19.5 Å². The van der Waals surface area contributed by atoms with Gasteiger partial charge < -0.3 is 9.84 Å². The number of rotatable bonds is 5. The molecule has 1 unspecified atom stereocenters. The maximum absolute atomic E-state index is 11.6. The van der Waals surface area contributed by atoms with E-state index in [0.29, 0.717) is 12.4 Å². The number of aryl methyl sites for hydroxylation is 1. The van der Waals surface area contributed by atoms with Gasteiger partial charge in [0.1, 0.15) is 0 Å². The van der Waals surface area contributed by atoms with Gasteiger partial charge in [0.25, 0.3) is 0 Å². The normalized spacial score (nSPS) is 12.5. The molecule has 2 N–H and O–H groups in total. The number of anilines is 1. The summed E-state index contributed by atoms with van der Waals surface area (Å²) in [5, 5.41) is 9.46. The number of nitrogens with one attached hydrogen (secondary N) is 2. The molecular weight excluding hydrogens is 194 g/mol. The smallest absolute Gasteiger partial charge is 0.231 e. The third-order valence-corrected chi connectivity index (χ3v) is 2.02. The molecule has 0 radical (unpaired) electrons. The van der Waals surface area contributed by atoms with Crippen LogP contribution in [0.3, 0.4) is 0 Å². The van der Waals surface area contributed by atoms with Gasteiger partial charge in [-0.05, 0) is 13.5 Å². The van der Waals surface area contributed by atoms with Crippen LogP contribution < -0.4 is 10.6 Å². The first-order valence-corrected chi connectivity index (χ1v) is 5.08. The summed E-state index contributed by atoms with van der Waals surface area (Å²) in [5.74, 6) is 0.253. The lowest BCUT2D eigenvalue weighted by Gasteiger charge is -2.10. The molecule has 84 valence electrons. The lowest BCUT2D eigenvalue weighted by molar-refractivity contribution is -0.119. The maximum atomic E-state index is 11.6. The Morgan fingerprint density at radius 2 is 2.40 bits per heavy atom. The van der Waals surface area contributed by atoms with Gasteiger partial charge in [0.05, 0.1) is 5.69 Å². The summed E-state index contributed by atoms with van der Waals surface area (Å²) in [4.78, 5) is 11.6. The highest BCUT2D eigenvalue weighted by molar-refractivity contribution is 5.91. The lowest BCUT2D eigenvalue weighted by atomic mass is 10.1. The van der Waals surface area contributed by atoms with Crippen molar-refractivity contribution in [2.45, 2.75) is 20.8 Å². The van der Waals surface area contributed by atoms with Crippen molar-refractivity contribution in [3.63, 3.8) is 0 Å². The summed E-state index contributed by atoms with van der Waals surface area (Å²) in [6.45, 7) is 7.20. The van der Waals surface area contributed by atoms with Gasteiger partial charge in [0.2, 0.25) is 11.8 Å². The van der Waals surface area contributed by atoms with Crippen LogP contribution in [0.15, 0.2) is 10.6 Å². The van der Waals surface area contributed by atoms with Gasteiger partial charge >= 0.3 is 0 Å². The molecular formula is C10H17N3O2. The van der Waals surface area contributed by atoms with E-state index < -0.39 is 0 Å². The van der Waals surface area contributed by atoms with Crippen LogP contribution >= 0.6 is 0 Å². The number of hydrogen-bond acceptors (Lipinski definition) is 4. The summed E-state index contributed by atoms with van der Waals surface area (Å²) < 4.78 is 4.89. The maximum Gasteiger partial charge on any atom is 0.231 e. The van der Waals surface area contributed by atoms with E-state index in [1.807, 2.05) is 13.8 Å². The van der Waals surface area contributed by atoms with Crippen molar-refractivity contribution in [2.24, 2.45) is 5.92 Å². The molecule has 0 fully saturated rings. The van der Waals surface area contributed by atoms with Crippen molar-refractivity contribution in [1.82, 2.24) is 10.5 Å².